The van der Waals surface area contributed by atoms with Crippen LogP contribution in [0.4, 0.5) is 5.69 Å². The predicted octanol–water partition coefficient (Wildman–Crippen LogP) is 6.01. The van der Waals surface area contributed by atoms with E-state index in [9.17, 15) is 10.3 Å². The van der Waals surface area contributed by atoms with E-state index in [2.05, 4.69) is 32.9 Å². The smallest absolute Gasteiger partial charge is 0.131 e. The molecule has 0 saturated heterocycles. The van der Waals surface area contributed by atoms with Gasteiger partial charge in [0.05, 0.1) is 17.3 Å². The van der Waals surface area contributed by atoms with Gasteiger partial charge in [0.1, 0.15) is 11.9 Å². The molecule has 0 bridgehead atoms. The van der Waals surface area contributed by atoms with Gasteiger partial charge >= 0.3 is 0 Å². The Morgan fingerprint density at radius 3 is 2.66 bits per heavy atom. The molecule has 0 amide bonds. The van der Waals surface area contributed by atoms with Gasteiger partial charge in [-0.05, 0) is 72.4 Å². The maximum absolute atomic E-state index is 11.2. The zero-order valence-corrected chi connectivity index (χ0v) is 18.4. The number of benzene rings is 1. The Labute approximate surface area is 175 Å². The van der Waals surface area contributed by atoms with Gasteiger partial charge in [-0.3, -0.25) is 5.21 Å². The summed E-state index contributed by atoms with van der Waals surface area (Å²) in [6.07, 6.45) is 8.45. The number of anilines is 1. The van der Waals surface area contributed by atoms with Crippen molar-refractivity contribution in [1.29, 1.82) is 0 Å². The highest BCUT2D eigenvalue weighted by Crippen LogP contribution is 2.46. The lowest BCUT2D eigenvalue weighted by atomic mass is 9.87. The van der Waals surface area contributed by atoms with Crippen LogP contribution in [0.3, 0.4) is 0 Å². The highest BCUT2D eigenvalue weighted by atomic mass is 16.5. The van der Waals surface area contributed by atoms with E-state index in [1.165, 1.54) is 16.2 Å². The van der Waals surface area contributed by atoms with Crippen LogP contribution in [-0.2, 0) is 4.74 Å². The molecule has 2 N–H and O–H groups in total. The molecule has 2 heterocycles. The van der Waals surface area contributed by atoms with Gasteiger partial charge in [-0.2, -0.15) is 0 Å². The van der Waals surface area contributed by atoms with Crippen molar-refractivity contribution in [3.63, 3.8) is 0 Å². The summed E-state index contributed by atoms with van der Waals surface area (Å²) in [5.41, 5.74) is 4.51. The lowest BCUT2D eigenvalue weighted by molar-refractivity contribution is -0.0561. The molecule has 3 atom stereocenters. The maximum Gasteiger partial charge on any atom is 0.131 e. The summed E-state index contributed by atoms with van der Waals surface area (Å²) in [6.45, 7) is 10.3. The molecule has 3 rings (SSSR count). The normalized spacial score (nSPS) is 23.3. The number of rotatable bonds is 7. The molecule has 0 saturated carbocycles. The first-order valence-corrected chi connectivity index (χ1v) is 10.7. The molecule has 158 valence electrons. The van der Waals surface area contributed by atoms with E-state index < -0.39 is 5.60 Å². The van der Waals surface area contributed by atoms with Crippen LogP contribution in [0.5, 0.6) is 0 Å². The van der Waals surface area contributed by atoms with E-state index in [1.807, 2.05) is 38.1 Å². The SMILES string of the molecule is CC(C)=CCCC(C)=CCCC(C)(O)C1CC2=C(O1)c1ccccc1N(O)C2C. The van der Waals surface area contributed by atoms with Crippen molar-refractivity contribution in [2.45, 2.75) is 84.5 Å². The molecule has 0 aliphatic carbocycles. The van der Waals surface area contributed by atoms with Crippen molar-refractivity contribution in [2.24, 2.45) is 0 Å². The zero-order valence-electron chi connectivity index (χ0n) is 18.4. The fourth-order valence-corrected chi connectivity index (χ4v) is 4.18. The Morgan fingerprint density at radius 1 is 1.21 bits per heavy atom. The van der Waals surface area contributed by atoms with Gasteiger partial charge in [-0.1, -0.05) is 35.4 Å². The molecule has 0 radical (unpaired) electrons. The molecular weight excluding hydrogens is 362 g/mol. The van der Waals surface area contributed by atoms with Crippen LogP contribution in [0.1, 0.15) is 72.3 Å². The highest BCUT2D eigenvalue weighted by molar-refractivity contribution is 5.80. The van der Waals surface area contributed by atoms with Crippen molar-refractivity contribution >= 4 is 11.4 Å². The van der Waals surface area contributed by atoms with Gasteiger partial charge in [0, 0.05) is 17.6 Å². The van der Waals surface area contributed by atoms with Gasteiger partial charge < -0.3 is 9.84 Å². The predicted molar refractivity (Wildman–Crippen MR) is 119 cm³/mol. The third-order valence-electron chi connectivity index (χ3n) is 6.15. The van der Waals surface area contributed by atoms with E-state index in [4.69, 9.17) is 4.74 Å². The van der Waals surface area contributed by atoms with Gasteiger partial charge in [0.25, 0.3) is 0 Å². The lowest BCUT2D eigenvalue weighted by Gasteiger charge is -2.31. The molecular formula is C25H35NO3. The number of hydrogen-bond acceptors (Lipinski definition) is 4. The topological polar surface area (TPSA) is 52.9 Å². The summed E-state index contributed by atoms with van der Waals surface area (Å²) >= 11 is 0. The number of nitrogens with zero attached hydrogens (tertiary/aromatic N) is 1. The summed E-state index contributed by atoms with van der Waals surface area (Å²) in [5.74, 6) is 0.831. The molecule has 2 aliphatic heterocycles. The number of aliphatic hydroxyl groups is 1. The van der Waals surface area contributed by atoms with Gasteiger partial charge in [0.2, 0.25) is 0 Å². The quantitative estimate of drug-likeness (QED) is 0.553. The minimum atomic E-state index is -0.928. The largest absolute Gasteiger partial charge is 0.486 e. The van der Waals surface area contributed by atoms with E-state index in [1.54, 1.807) is 0 Å². The monoisotopic (exact) mass is 397 g/mol. The molecule has 2 aliphatic rings. The third kappa shape index (κ3) is 4.76. The molecule has 4 heteroatoms. The second kappa shape index (κ2) is 8.76. The van der Waals surface area contributed by atoms with E-state index in [0.717, 1.165) is 41.8 Å². The molecule has 4 nitrogen and oxygen atoms in total. The van der Waals surface area contributed by atoms with Crippen LogP contribution in [0.2, 0.25) is 0 Å². The number of hydrogen-bond donors (Lipinski definition) is 2. The maximum atomic E-state index is 11.2. The summed E-state index contributed by atoms with van der Waals surface area (Å²) in [5, 5.41) is 23.0. The molecule has 1 aromatic carbocycles. The van der Waals surface area contributed by atoms with Crippen molar-refractivity contribution < 1.29 is 15.1 Å². The molecule has 0 fully saturated rings. The van der Waals surface area contributed by atoms with Gasteiger partial charge in [0.15, 0.2) is 0 Å². The molecule has 3 unspecified atom stereocenters. The van der Waals surface area contributed by atoms with Crippen LogP contribution in [0, 0.1) is 0 Å². The highest BCUT2D eigenvalue weighted by Gasteiger charge is 2.44. The Hall–Kier alpha value is -2.04. The fraction of sp³-hybridized carbons (Fsp3) is 0.520. The number of ether oxygens (including phenoxy) is 1. The number of para-hydroxylation sites is 1. The first-order chi connectivity index (χ1) is 13.7. The summed E-state index contributed by atoms with van der Waals surface area (Å²) in [7, 11) is 0. The van der Waals surface area contributed by atoms with Crippen molar-refractivity contribution in [3.8, 4) is 0 Å². The average Bonchev–Trinajstić information content (AvgIpc) is 3.12. The summed E-state index contributed by atoms with van der Waals surface area (Å²) < 4.78 is 6.29. The Balaban J connectivity index is 1.63. The minimum Gasteiger partial charge on any atom is -0.486 e. The average molecular weight is 398 g/mol. The van der Waals surface area contributed by atoms with E-state index >= 15 is 0 Å². The molecule has 0 spiro atoms. The second-order valence-electron chi connectivity index (χ2n) is 8.97. The number of allylic oxidation sites excluding steroid dienone is 4. The standard InChI is InChI=1S/C25H35NO3/c1-17(2)10-8-11-18(3)12-9-15-25(5,27)23-16-21-19(4)26(28)22-14-7-6-13-20(22)24(21)29-23/h6-7,10,12-14,19,23,27-28H,8-9,11,15-16H2,1-5H3. The third-order valence-corrected chi connectivity index (χ3v) is 6.15. The molecule has 1 aromatic rings. The molecule has 29 heavy (non-hydrogen) atoms. The van der Waals surface area contributed by atoms with Gasteiger partial charge in [-0.25, -0.2) is 5.06 Å². The Morgan fingerprint density at radius 2 is 1.93 bits per heavy atom. The van der Waals surface area contributed by atoms with Crippen molar-refractivity contribution in [1.82, 2.24) is 0 Å². The van der Waals surface area contributed by atoms with Crippen LogP contribution in [-0.4, -0.2) is 28.1 Å². The lowest BCUT2D eigenvalue weighted by Crippen LogP contribution is -2.39. The van der Waals surface area contributed by atoms with Gasteiger partial charge in [-0.15, -0.1) is 0 Å². The van der Waals surface area contributed by atoms with Crippen LogP contribution >= 0.6 is 0 Å². The molecule has 0 aromatic heterocycles. The number of hydroxylamine groups is 1. The van der Waals surface area contributed by atoms with Crippen LogP contribution in [0.25, 0.3) is 5.76 Å². The fourth-order valence-electron chi connectivity index (χ4n) is 4.18. The van der Waals surface area contributed by atoms with E-state index in [-0.39, 0.29) is 12.1 Å². The first kappa shape index (κ1) is 21.7. The first-order valence-electron chi connectivity index (χ1n) is 10.7. The second-order valence-corrected chi connectivity index (χ2v) is 8.97. The zero-order chi connectivity index (χ0) is 21.2. The summed E-state index contributed by atoms with van der Waals surface area (Å²) in [6, 6.07) is 7.57. The van der Waals surface area contributed by atoms with Crippen molar-refractivity contribution in [2.75, 3.05) is 5.06 Å². The number of fused-ring (bicyclic) bond motifs is 2. The summed E-state index contributed by atoms with van der Waals surface area (Å²) in [4.78, 5) is 0. The van der Waals surface area contributed by atoms with Crippen LogP contribution in [0.15, 0.2) is 53.1 Å². The van der Waals surface area contributed by atoms with Crippen molar-refractivity contribution in [3.05, 3.63) is 58.7 Å². The van der Waals surface area contributed by atoms with E-state index in [0.29, 0.717) is 12.8 Å². The Kier molecular flexibility index (Phi) is 6.55. The Bertz CT molecular complexity index is 830. The van der Waals surface area contributed by atoms with Crippen LogP contribution < -0.4 is 5.06 Å². The minimum absolute atomic E-state index is 0.155.